The maximum Gasteiger partial charge on any atom is 0.231 e. The molecule has 1 heterocycles. The van der Waals surface area contributed by atoms with Gasteiger partial charge in [-0.05, 0) is 33.8 Å². The summed E-state index contributed by atoms with van der Waals surface area (Å²) in [5, 5.41) is 2.82. The van der Waals surface area contributed by atoms with E-state index in [0.29, 0.717) is 24.8 Å². The van der Waals surface area contributed by atoms with Gasteiger partial charge in [-0.3, -0.25) is 4.79 Å². The third-order valence-corrected chi connectivity index (χ3v) is 3.71. The van der Waals surface area contributed by atoms with E-state index in [4.69, 9.17) is 15.2 Å². The van der Waals surface area contributed by atoms with Crippen LogP contribution in [0.4, 0.5) is 5.69 Å². The van der Waals surface area contributed by atoms with Gasteiger partial charge in [-0.15, -0.1) is 0 Å². The third kappa shape index (κ3) is 4.68. The predicted octanol–water partition coefficient (Wildman–Crippen LogP) is 1.81. The molecule has 0 fully saturated rings. The highest BCUT2D eigenvalue weighted by molar-refractivity contribution is 5.95. The van der Waals surface area contributed by atoms with Crippen molar-refractivity contribution < 1.29 is 14.3 Å². The first kappa shape index (κ1) is 17.4. The Kier molecular flexibility index (Phi) is 5.69. The molecule has 0 aliphatic heterocycles. The Bertz CT molecular complexity index is 464. The Morgan fingerprint density at radius 1 is 1.29 bits per heavy atom. The number of nitrogens with two attached hydrogens (primary N) is 1. The summed E-state index contributed by atoms with van der Waals surface area (Å²) in [4.78, 5) is 16.4. The van der Waals surface area contributed by atoms with E-state index in [9.17, 15) is 4.79 Å². The average Bonchev–Trinajstić information content (AvgIpc) is 2.39. The lowest BCUT2D eigenvalue weighted by molar-refractivity contribution is -0.126. The van der Waals surface area contributed by atoms with E-state index in [0.717, 1.165) is 0 Å². The monoisotopic (exact) mass is 295 g/mol. The third-order valence-electron chi connectivity index (χ3n) is 3.71. The lowest BCUT2D eigenvalue weighted by Gasteiger charge is -2.36. The molecule has 6 nitrogen and oxygen atoms in total. The van der Waals surface area contributed by atoms with E-state index in [1.165, 1.54) is 0 Å². The van der Waals surface area contributed by atoms with Crippen molar-refractivity contribution in [2.24, 2.45) is 11.1 Å². The van der Waals surface area contributed by atoms with Crippen LogP contribution >= 0.6 is 0 Å². The fourth-order valence-corrected chi connectivity index (χ4v) is 1.35. The second-order valence-corrected chi connectivity index (χ2v) is 6.03. The summed E-state index contributed by atoms with van der Waals surface area (Å²) in [6.07, 6.45) is 1.56. The molecular weight excluding hydrogens is 270 g/mol. The summed E-state index contributed by atoms with van der Waals surface area (Å²) < 4.78 is 10.2. The van der Waals surface area contributed by atoms with Crippen LogP contribution in [0.25, 0.3) is 0 Å². The normalized spacial score (nSPS) is 12.1. The van der Waals surface area contributed by atoms with E-state index < -0.39 is 11.0 Å². The maximum atomic E-state index is 12.3. The number of carbonyl (C=O) groups is 1. The van der Waals surface area contributed by atoms with E-state index in [1.807, 2.05) is 27.7 Å². The first-order valence-corrected chi connectivity index (χ1v) is 6.86. The smallest absolute Gasteiger partial charge is 0.231 e. The van der Waals surface area contributed by atoms with Gasteiger partial charge >= 0.3 is 0 Å². The lowest BCUT2D eigenvalue weighted by atomic mass is 9.74. The molecule has 1 aromatic heterocycles. The summed E-state index contributed by atoms with van der Waals surface area (Å²) in [5.41, 5.74) is 5.32. The van der Waals surface area contributed by atoms with Crippen LogP contribution in [0.3, 0.4) is 0 Å². The number of nitrogens with zero attached hydrogens (tertiary/aromatic N) is 1. The molecule has 0 saturated heterocycles. The number of ether oxygens (including phenoxy) is 2. The van der Waals surface area contributed by atoms with Crippen LogP contribution in [-0.4, -0.2) is 36.8 Å². The van der Waals surface area contributed by atoms with Crippen molar-refractivity contribution in [3.8, 4) is 5.88 Å². The minimum Gasteiger partial charge on any atom is -0.475 e. The van der Waals surface area contributed by atoms with Gasteiger partial charge < -0.3 is 20.5 Å². The van der Waals surface area contributed by atoms with Crippen LogP contribution in [0.15, 0.2) is 18.3 Å². The zero-order chi connectivity index (χ0) is 16.1. The van der Waals surface area contributed by atoms with E-state index in [1.54, 1.807) is 25.4 Å². The minimum atomic E-state index is -0.708. The number of rotatable bonds is 7. The highest BCUT2D eigenvalue weighted by atomic mass is 16.5. The fraction of sp³-hybridized carbons (Fsp3) is 0.600. The molecule has 6 heteroatoms. The summed E-state index contributed by atoms with van der Waals surface area (Å²) >= 11 is 0. The molecule has 1 amide bonds. The van der Waals surface area contributed by atoms with Crippen molar-refractivity contribution in [2.75, 3.05) is 25.6 Å². The fourth-order valence-electron chi connectivity index (χ4n) is 1.35. The van der Waals surface area contributed by atoms with Crippen LogP contribution in [0.1, 0.15) is 27.7 Å². The molecular formula is C15H25N3O3. The molecule has 118 valence electrons. The maximum absolute atomic E-state index is 12.3. The number of aromatic nitrogens is 1. The molecule has 0 atom stereocenters. The summed E-state index contributed by atoms with van der Waals surface area (Å²) in [5.74, 6) is 0.341. The van der Waals surface area contributed by atoms with Crippen molar-refractivity contribution in [1.29, 1.82) is 0 Å². The number of nitrogens with one attached hydrogen (secondary N) is 1. The van der Waals surface area contributed by atoms with Crippen LogP contribution in [0.2, 0.25) is 0 Å². The van der Waals surface area contributed by atoms with Gasteiger partial charge in [-0.1, -0.05) is 0 Å². The molecule has 0 aliphatic rings. The lowest BCUT2D eigenvalue weighted by Crippen LogP contribution is -2.53. The van der Waals surface area contributed by atoms with Gasteiger partial charge in [0.15, 0.2) is 0 Å². The first-order chi connectivity index (χ1) is 9.68. The summed E-state index contributed by atoms with van der Waals surface area (Å²) in [6, 6.07) is 3.44. The van der Waals surface area contributed by atoms with Gasteiger partial charge in [0.1, 0.15) is 6.61 Å². The Hall–Kier alpha value is -1.66. The van der Waals surface area contributed by atoms with Gasteiger partial charge in [-0.2, -0.15) is 0 Å². The second kappa shape index (κ2) is 6.87. The van der Waals surface area contributed by atoms with Gasteiger partial charge in [-0.25, -0.2) is 4.98 Å². The van der Waals surface area contributed by atoms with Gasteiger partial charge in [0.2, 0.25) is 11.8 Å². The molecule has 0 radical (unpaired) electrons. The number of methoxy groups -OCH3 is 1. The molecule has 0 spiro atoms. The Labute approximate surface area is 126 Å². The molecule has 0 bridgehead atoms. The first-order valence-electron chi connectivity index (χ1n) is 6.86. The van der Waals surface area contributed by atoms with Crippen molar-refractivity contribution in [3.05, 3.63) is 18.3 Å². The largest absolute Gasteiger partial charge is 0.475 e. The predicted molar refractivity (Wildman–Crippen MR) is 82.3 cm³/mol. The van der Waals surface area contributed by atoms with Crippen LogP contribution < -0.4 is 15.8 Å². The number of pyridine rings is 1. The Balaban J connectivity index is 2.65. The van der Waals surface area contributed by atoms with Crippen LogP contribution in [-0.2, 0) is 9.53 Å². The zero-order valence-electron chi connectivity index (χ0n) is 13.4. The number of anilines is 1. The number of amides is 1. The summed E-state index contributed by atoms with van der Waals surface area (Å²) in [7, 11) is 1.61. The van der Waals surface area contributed by atoms with Gasteiger partial charge in [0, 0.05) is 18.7 Å². The average molecular weight is 295 g/mol. The summed E-state index contributed by atoms with van der Waals surface area (Å²) in [6.45, 7) is 8.23. The van der Waals surface area contributed by atoms with Gasteiger partial charge in [0.25, 0.3) is 0 Å². The van der Waals surface area contributed by atoms with E-state index >= 15 is 0 Å². The van der Waals surface area contributed by atoms with Crippen LogP contribution in [0.5, 0.6) is 5.88 Å². The molecule has 0 unspecified atom stereocenters. The standard InChI is InChI=1S/C15H25N3O3/c1-14(2,15(3,4)16)13(19)18-11-6-7-12(17-10-11)21-9-8-20-5/h6-7,10H,8-9,16H2,1-5H3,(H,18,19). The number of hydrogen-bond acceptors (Lipinski definition) is 5. The highest BCUT2D eigenvalue weighted by Gasteiger charge is 2.40. The number of hydrogen-bond donors (Lipinski definition) is 2. The van der Waals surface area contributed by atoms with Crippen LogP contribution in [0, 0.1) is 5.41 Å². The highest BCUT2D eigenvalue weighted by Crippen LogP contribution is 2.29. The molecule has 1 aromatic rings. The molecule has 3 N–H and O–H groups in total. The molecule has 21 heavy (non-hydrogen) atoms. The van der Waals surface area contributed by atoms with Gasteiger partial charge in [0.05, 0.1) is 23.9 Å². The molecule has 1 rings (SSSR count). The zero-order valence-corrected chi connectivity index (χ0v) is 13.4. The van der Waals surface area contributed by atoms with E-state index in [-0.39, 0.29) is 5.91 Å². The Morgan fingerprint density at radius 2 is 1.95 bits per heavy atom. The number of carbonyl (C=O) groups excluding carboxylic acids is 1. The van der Waals surface area contributed by atoms with Crippen molar-refractivity contribution in [3.63, 3.8) is 0 Å². The Morgan fingerprint density at radius 3 is 2.43 bits per heavy atom. The quantitative estimate of drug-likeness (QED) is 0.749. The van der Waals surface area contributed by atoms with Crippen molar-refractivity contribution >= 4 is 11.6 Å². The molecule has 0 aliphatic carbocycles. The van der Waals surface area contributed by atoms with Crippen molar-refractivity contribution in [2.45, 2.75) is 33.2 Å². The molecule has 0 saturated carbocycles. The molecule has 0 aromatic carbocycles. The van der Waals surface area contributed by atoms with E-state index in [2.05, 4.69) is 10.3 Å². The van der Waals surface area contributed by atoms with Crippen molar-refractivity contribution in [1.82, 2.24) is 4.98 Å². The minimum absolute atomic E-state index is 0.148. The topological polar surface area (TPSA) is 86.5 Å². The second-order valence-electron chi connectivity index (χ2n) is 6.03. The SMILES string of the molecule is COCCOc1ccc(NC(=O)C(C)(C)C(C)(C)N)cn1.